The van der Waals surface area contributed by atoms with Gasteiger partial charge in [-0.2, -0.15) is 5.10 Å². The Kier molecular flexibility index (Phi) is 5.98. The molecule has 0 saturated carbocycles. The van der Waals surface area contributed by atoms with E-state index in [0.29, 0.717) is 12.2 Å². The molecule has 1 heterocycles. The lowest BCUT2D eigenvalue weighted by Gasteiger charge is -2.30. The Morgan fingerprint density at radius 2 is 1.95 bits per heavy atom. The third-order valence-electron chi connectivity index (χ3n) is 3.72. The van der Waals surface area contributed by atoms with Crippen LogP contribution in [0.25, 0.3) is 0 Å². The minimum Gasteiger partial charge on any atom is -0.380 e. The van der Waals surface area contributed by atoms with Crippen molar-refractivity contribution in [3.63, 3.8) is 0 Å². The predicted octanol–water partition coefficient (Wildman–Crippen LogP) is 2.92. The van der Waals surface area contributed by atoms with Gasteiger partial charge in [-0.05, 0) is 18.7 Å². The molecule has 0 aliphatic rings. The lowest BCUT2D eigenvalue weighted by Crippen LogP contribution is -2.33. The van der Waals surface area contributed by atoms with Gasteiger partial charge in [0.25, 0.3) is 5.56 Å². The lowest BCUT2D eigenvalue weighted by atomic mass is 10.1. The van der Waals surface area contributed by atoms with Gasteiger partial charge in [-0.3, -0.25) is 9.69 Å². The van der Waals surface area contributed by atoms with Crippen LogP contribution in [0.4, 0.5) is 5.69 Å². The van der Waals surface area contributed by atoms with Gasteiger partial charge in [-0.15, -0.1) is 0 Å². The summed E-state index contributed by atoms with van der Waals surface area (Å²) in [5.74, 6) is 0. The number of hydrogen-bond acceptors (Lipinski definition) is 4. The first kappa shape index (κ1) is 16.5. The van der Waals surface area contributed by atoms with Crippen LogP contribution in [-0.4, -0.2) is 34.7 Å². The van der Waals surface area contributed by atoms with Crippen molar-refractivity contribution in [3.05, 3.63) is 57.5 Å². The van der Waals surface area contributed by atoms with Crippen molar-refractivity contribution >= 4 is 17.3 Å². The molecular formula is C16H21ClN4O. The third kappa shape index (κ3) is 3.87. The van der Waals surface area contributed by atoms with E-state index in [1.54, 1.807) is 0 Å². The van der Waals surface area contributed by atoms with Gasteiger partial charge in [-0.1, -0.05) is 55.8 Å². The minimum absolute atomic E-state index is 0.140. The second kappa shape index (κ2) is 7.96. The minimum atomic E-state index is -0.384. The second-order valence-corrected chi connectivity index (χ2v) is 5.33. The number of anilines is 1. The summed E-state index contributed by atoms with van der Waals surface area (Å²) in [6.45, 7) is 6.82. The van der Waals surface area contributed by atoms with E-state index in [0.717, 1.165) is 13.1 Å². The zero-order valence-electron chi connectivity index (χ0n) is 12.8. The molecule has 0 saturated heterocycles. The molecule has 0 amide bonds. The number of nitrogens with zero attached hydrogens (tertiary/aromatic N) is 2. The average Bonchev–Trinajstić information content (AvgIpc) is 2.56. The molecule has 22 heavy (non-hydrogen) atoms. The first-order valence-corrected chi connectivity index (χ1v) is 7.81. The Bertz CT molecular complexity index is 640. The van der Waals surface area contributed by atoms with Crippen molar-refractivity contribution in [3.8, 4) is 0 Å². The summed E-state index contributed by atoms with van der Waals surface area (Å²) in [6, 6.07) is 10.5. The molecule has 1 atom stereocenters. The van der Waals surface area contributed by atoms with E-state index >= 15 is 0 Å². The highest BCUT2D eigenvalue weighted by Crippen LogP contribution is 2.22. The molecule has 0 spiro atoms. The molecular weight excluding hydrogens is 300 g/mol. The van der Waals surface area contributed by atoms with Crippen molar-refractivity contribution in [1.29, 1.82) is 0 Å². The Labute approximate surface area is 135 Å². The Morgan fingerprint density at radius 3 is 2.59 bits per heavy atom. The molecule has 0 aliphatic heterocycles. The summed E-state index contributed by atoms with van der Waals surface area (Å²) in [5.41, 5.74) is 1.40. The fourth-order valence-electron chi connectivity index (χ4n) is 2.51. The van der Waals surface area contributed by atoms with Crippen LogP contribution < -0.4 is 10.9 Å². The zero-order chi connectivity index (χ0) is 15.9. The van der Waals surface area contributed by atoms with Crippen LogP contribution in [0.15, 0.2) is 41.3 Å². The molecule has 0 fully saturated rings. The molecule has 5 nitrogen and oxygen atoms in total. The molecule has 2 aromatic rings. The van der Waals surface area contributed by atoms with Gasteiger partial charge in [0, 0.05) is 6.54 Å². The highest BCUT2D eigenvalue weighted by atomic mass is 35.5. The molecule has 1 aromatic carbocycles. The van der Waals surface area contributed by atoms with E-state index in [1.807, 2.05) is 18.2 Å². The highest BCUT2D eigenvalue weighted by molar-refractivity contribution is 6.32. The first-order valence-electron chi connectivity index (χ1n) is 7.43. The maximum absolute atomic E-state index is 11.5. The monoisotopic (exact) mass is 320 g/mol. The van der Waals surface area contributed by atoms with Crippen molar-refractivity contribution in [2.75, 3.05) is 25.0 Å². The molecule has 0 bridgehead atoms. The van der Waals surface area contributed by atoms with E-state index in [1.165, 1.54) is 11.8 Å². The van der Waals surface area contributed by atoms with E-state index < -0.39 is 0 Å². The fourth-order valence-corrected chi connectivity index (χ4v) is 2.67. The van der Waals surface area contributed by atoms with Crippen molar-refractivity contribution in [2.24, 2.45) is 0 Å². The number of hydrogen-bond donors (Lipinski definition) is 2. The molecule has 0 radical (unpaired) electrons. The molecule has 1 aromatic heterocycles. The second-order valence-electron chi connectivity index (χ2n) is 4.96. The number of nitrogens with one attached hydrogen (secondary N) is 2. The van der Waals surface area contributed by atoms with Gasteiger partial charge in [0.05, 0.1) is 17.9 Å². The fraction of sp³-hybridized carbons (Fsp3) is 0.375. The Balaban J connectivity index is 2.20. The molecule has 0 aliphatic carbocycles. The normalized spacial score (nSPS) is 12.4. The van der Waals surface area contributed by atoms with E-state index in [9.17, 15) is 4.79 Å². The van der Waals surface area contributed by atoms with Crippen LogP contribution >= 0.6 is 11.6 Å². The van der Waals surface area contributed by atoms with Gasteiger partial charge >= 0.3 is 0 Å². The number of halogens is 1. The summed E-state index contributed by atoms with van der Waals surface area (Å²) in [7, 11) is 0. The first-order chi connectivity index (χ1) is 10.7. The van der Waals surface area contributed by atoms with Crippen molar-refractivity contribution in [2.45, 2.75) is 19.9 Å². The smallest absolute Gasteiger partial charge is 0.285 e. The number of benzene rings is 1. The average molecular weight is 321 g/mol. The highest BCUT2D eigenvalue weighted by Gasteiger charge is 2.18. The van der Waals surface area contributed by atoms with Crippen LogP contribution in [0.2, 0.25) is 5.02 Å². The van der Waals surface area contributed by atoms with Crippen molar-refractivity contribution in [1.82, 2.24) is 15.1 Å². The predicted molar refractivity (Wildman–Crippen MR) is 90.5 cm³/mol. The van der Waals surface area contributed by atoms with Gasteiger partial charge in [0.1, 0.15) is 5.02 Å². The van der Waals surface area contributed by atoms with Gasteiger partial charge in [0.15, 0.2) is 0 Å². The molecule has 1 unspecified atom stereocenters. The molecule has 2 rings (SSSR count). The van der Waals surface area contributed by atoms with Gasteiger partial charge < -0.3 is 5.32 Å². The summed E-state index contributed by atoms with van der Waals surface area (Å²) < 4.78 is 0. The molecule has 6 heteroatoms. The van der Waals surface area contributed by atoms with Crippen LogP contribution in [0.3, 0.4) is 0 Å². The van der Waals surface area contributed by atoms with Gasteiger partial charge in [0.2, 0.25) is 0 Å². The quantitative estimate of drug-likeness (QED) is 0.823. The van der Waals surface area contributed by atoms with Gasteiger partial charge in [-0.25, -0.2) is 5.10 Å². The Hall–Kier alpha value is -1.85. The SMILES string of the molecule is CCN(CC)C(CNc1cn[nH]c(=O)c1Cl)c1ccccc1. The van der Waals surface area contributed by atoms with E-state index in [-0.39, 0.29) is 16.6 Å². The maximum atomic E-state index is 11.5. The number of rotatable bonds is 7. The Morgan fingerprint density at radius 1 is 1.27 bits per heavy atom. The van der Waals surface area contributed by atoms with Crippen LogP contribution in [0.5, 0.6) is 0 Å². The maximum Gasteiger partial charge on any atom is 0.285 e. The van der Waals surface area contributed by atoms with E-state index in [2.05, 4.69) is 46.4 Å². The lowest BCUT2D eigenvalue weighted by molar-refractivity contribution is 0.228. The molecule has 2 N–H and O–H groups in total. The molecule has 118 valence electrons. The third-order valence-corrected chi connectivity index (χ3v) is 4.09. The summed E-state index contributed by atoms with van der Waals surface area (Å²) in [6.07, 6.45) is 1.54. The van der Waals surface area contributed by atoms with E-state index in [4.69, 9.17) is 11.6 Å². The number of H-pyrrole nitrogens is 1. The number of aromatic amines is 1. The summed E-state index contributed by atoms with van der Waals surface area (Å²) in [4.78, 5) is 13.9. The largest absolute Gasteiger partial charge is 0.380 e. The van der Waals surface area contributed by atoms with Crippen LogP contribution in [0.1, 0.15) is 25.5 Å². The van der Waals surface area contributed by atoms with Crippen LogP contribution in [-0.2, 0) is 0 Å². The number of likely N-dealkylation sites (N-methyl/N-ethyl adjacent to an activating group) is 1. The van der Waals surface area contributed by atoms with Crippen LogP contribution in [0, 0.1) is 0 Å². The summed E-state index contributed by atoms with van der Waals surface area (Å²) >= 11 is 6.01. The summed E-state index contributed by atoms with van der Waals surface area (Å²) in [5, 5.41) is 9.48. The van der Waals surface area contributed by atoms with Crippen molar-refractivity contribution < 1.29 is 0 Å². The standard InChI is InChI=1S/C16H21ClN4O/c1-3-21(4-2)14(12-8-6-5-7-9-12)11-18-13-10-19-20-16(22)15(13)17/h5-10,14H,3-4,11H2,1-2H3,(H2,18,20,22). The zero-order valence-corrected chi connectivity index (χ0v) is 13.6. The number of aromatic nitrogens is 2. The topological polar surface area (TPSA) is 61.0 Å².